The van der Waals surface area contributed by atoms with Gasteiger partial charge in [0.15, 0.2) is 0 Å². The Morgan fingerprint density at radius 3 is 2.74 bits per heavy atom. The molecule has 0 aliphatic heterocycles. The Morgan fingerprint density at radius 2 is 2.21 bits per heavy atom. The van der Waals surface area contributed by atoms with E-state index in [4.69, 9.17) is 5.73 Å². The maximum atomic E-state index is 11.4. The van der Waals surface area contributed by atoms with Crippen LogP contribution in [0.4, 0.5) is 11.4 Å². The minimum atomic E-state index is -0.365. The van der Waals surface area contributed by atoms with Crippen LogP contribution in [0.5, 0.6) is 0 Å². The van der Waals surface area contributed by atoms with Gasteiger partial charge in [0.1, 0.15) is 0 Å². The SMILES string of the molecule is COC(=O)c1ccc(N(C)C(C)CCSC)c(N)c1. The van der Waals surface area contributed by atoms with Crippen LogP contribution in [0.2, 0.25) is 0 Å². The molecule has 0 bridgehead atoms. The first kappa shape index (κ1) is 15.7. The molecule has 0 aliphatic rings. The lowest BCUT2D eigenvalue weighted by molar-refractivity contribution is 0.0601. The summed E-state index contributed by atoms with van der Waals surface area (Å²) in [5, 5.41) is 0. The summed E-state index contributed by atoms with van der Waals surface area (Å²) in [5.74, 6) is 0.752. The molecule has 0 amide bonds. The number of esters is 1. The lowest BCUT2D eigenvalue weighted by Crippen LogP contribution is -2.30. The van der Waals surface area contributed by atoms with Crippen molar-refractivity contribution in [1.29, 1.82) is 0 Å². The van der Waals surface area contributed by atoms with Gasteiger partial charge >= 0.3 is 5.97 Å². The minimum absolute atomic E-state index is 0.365. The average molecular weight is 282 g/mol. The lowest BCUT2D eigenvalue weighted by atomic mass is 10.1. The summed E-state index contributed by atoms with van der Waals surface area (Å²) in [6.07, 6.45) is 3.20. The fourth-order valence-corrected chi connectivity index (χ4v) is 2.42. The highest BCUT2D eigenvalue weighted by atomic mass is 32.2. The molecule has 1 aromatic carbocycles. The molecule has 1 aromatic rings. The van der Waals surface area contributed by atoms with E-state index in [9.17, 15) is 4.79 Å². The third-order valence-electron chi connectivity index (χ3n) is 3.23. The number of thioether (sulfide) groups is 1. The van der Waals surface area contributed by atoms with Crippen LogP contribution in [-0.2, 0) is 4.74 Å². The van der Waals surface area contributed by atoms with E-state index in [1.807, 2.05) is 24.9 Å². The van der Waals surface area contributed by atoms with Crippen molar-refractivity contribution < 1.29 is 9.53 Å². The summed E-state index contributed by atoms with van der Waals surface area (Å²) < 4.78 is 4.68. The number of hydrogen-bond acceptors (Lipinski definition) is 5. The molecule has 1 atom stereocenters. The second kappa shape index (κ2) is 7.28. The van der Waals surface area contributed by atoms with Gasteiger partial charge < -0.3 is 15.4 Å². The number of ether oxygens (including phenoxy) is 1. The van der Waals surface area contributed by atoms with Crippen LogP contribution in [0.15, 0.2) is 18.2 Å². The number of anilines is 2. The molecule has 4 nitrogen and oxygen atoms in total. The predicted molar refractivity (Wildman–Crippen MR) is 83.1 cm³/mol. The summed E-state index contributed by atoms with van der Waals surface area (Å²) in [6.45, 7) is 2.17. The number of benzene rings is 1. The molecule has 19 heavy (non-hydrogen) atoms. The molecule has 1 unspecified atom stereocenters. The van der Waals surface area contributed by atoms with Gasteiger partial charge in [0, 0.05) is 13.1 Å². The number of methoxy groups -OCH3 is 1. The van der Waals surface area contributed by atoms with Gasteiger partial charge in [-0.05, 0) is 43.6 Å². The molecule has 0 heterocycles. The molecule has 0 fully saturated rings. The fraction of sp³-hybridized carbons (Fsp3) is 0.500. The maximum absolute atomic E-state index is 11.4. The largest absolute Gasteiger partial charge is 0.465 e. The zero-order valence-electron chi connectivity index (χ0n) is 12.0. The first-order valence-electron chi connectivity index (χ1n) is 6.20. The molecule has 1 rings (SSSR count). The summed E-state index contributed by atoms with van der Waals surface area (Å²) in [4.78, 5) is 13.6. The molecule has 0 saturated carbocycles. The third kappa shape index (κ3) is 4.06. The molecular formula is C14H22N2O2S. The van der Waals surface area contributed by atoms with E-state index in [1.165, 1.54) is 7.11 Å². The summed E-state index contributed by atoms with van der Waals surface area (Å²) >= 11 is 1.84. The Labute approximate surface area is 119 Å². The Balaban J connectivity index is 2.86. The van der Waals surface area contributed by atoms with Crippen molar-refractivity contribution in [3.63, 3.8) is 0 Å². The van der Waals surface area contributed by atoms with E-state index in [0.717, 1.165) is 17.9 Å². The van der Waals surface area contributed by atoms with Crippen LogP contribution >= 0.6 is 11.8 Å². The number of hydrogen-bond donors (Lipinski definition) is 1. The van der Waals surface area contributed by atoms with Gasteiger partial charge in [-0.2, -0.15) is 11.8 Å². The first-order chi connectivity index (χ1) is 9.01. The summed E-state index contributed by atoms with van der Waals surface area (Å²) in [7, 11) is 3.39. The van der Waals surface area contributed by atoms with Gasteiger partial charge in [-0.3, -0.25) is 0 Å². The maximum Gasteiger partial charge on any atom is 0.337 e. The van der Waals surface area contributed by atoms with Gasteiger partial charge in [-0.25, -0.2) is 4.79 Å². The monoisotopic (exact) mass is 282 g/mol. The second-order valence-corrected chi connectivity index (χ2v) is 5.49. The molecule has 106 valence electrons. The molecule has 5 heteroatoms. The van der Waals surface area contributed by atoms with E-state index >= 15 is 0 Å². The standard InChI is InChI=1S/C14H22N2O2S/c1-10(7-8-19-4)16(2)13-6-5-11(9-12(13)15)14(17)18-3/h5-6,9-10H,7-8,15H2,1-4H3. The molecule has 0 aliphatic carbocycles. The highest BCUT2D eigenvalue weighted by Crippen LogP contribution is 2.26. The quantitative estimate of drug-likeness (QED) is 0.642. The van der Waals surface area contributed by atoms with Gasteiger partial charge in [0.25, 0.3) is 0 Å². The van der Waals surface area contributed by atoms with Gasteiger partial charge in [-0.1, -0.05) is 0 Å². The average Bonchev–Trinajstić information content (AvgIpc) is 2.42. The van der Waals surface area contributed by atoms with Crippen molar-refractivity contribution in [3.05, 3.63) is 23.8 Å². The van der Waals surface area contributed by atoms with Crippen molar-refractivity contribution in [2.24, 2.45) is 0 Å². The van der Waals surface area contributed by atoms with E-state index < -0.39 is 0 Å². The lowest BCUT2D eigenvalue weighted by Gasteiger charge is -2.28. The number of nitrogens with zero attached hydrogens (tertiary/aromatic N) is 1. The van der Waals surface area contributed by atoms with E-state index in [0.29, 0.717) is 17.3 Å². The molecule has 0 radical (unpaired) electrons. The highest BCUT2D eigenvalue weighted by Gasteiger charge is 2.14. The van der Waals surface area contributed by atoms with Crippen LogP contribution in [0.1, 0.15) is 23.7 Å². The third-order valence-corrected chi connectivity index (χ3v) is 3.87. The van der Waals surface area contributed by atoms with Crippen molar-refractivity contribution in [2.75, 3.05) is 36.8 Å². The zero-order chi connectivity index (χ0) is 14.4. The molecule has 2 N–H and O–H groups in total. The number of carbonyl (C=O) groups excluding carboxylic acids is 1. The van der Waals surface area contributed by atoms with Crippen LogP contribution in [0.25, 0.3) is 0 Å². The van der Waals surface area contributed by atoms with Crippen molar-refractivity contribution >= 4 is 29.1 Å². The summed E-state index contributed by atoms with van der Waals surface area (Å²) in [6, 6.07) is 5.68. The van der Waals surface area contributed by atoms with Gasteiger partial charge in [-0.15, -0.1) is 0 Å². The van der Waals surface area contributed by atoms with Gasteiger partial charge in [0.05, 0.1) is 24.0 Å². The number of rotatable bonds is 6. The van der Waals surface area contributed by atoms with Crippen LogP contribution in [0, 0.1) is 0 Å². The first-order valence-corrected chi connectivity index (χ1v) is 7.60. The Kier molecular flexibility index (Phi) is 6.02. The number of nitrogen functional groups attached to an aromatic ring is 1. The Hall–Kier alpha value is -1.36. The van der Waals surface area contributed by atoms with Crippen molar-refractivity contribution in [3.8, 4) is 0 Å². The van der Waals surface area contributed by atoms with Crippen LogP contribution in [0.3, 0.4) is 0 Å². The molecular weight excluding hydrogens is 260 g/mol. The number of carbonyl (C=O) groups is 1. The van der Waals surface area contributed by atoms with Gasteiger partial charge in [0.2, 0.25) is 0 Å². The fourth-order valence-electron chi connectivity index (χ4n) is 1.84. The second-order valence-electron chi connectivity index (χ2n) is 4.51. The minimum Gasteiger partial charge on any atom is -0.465 e. The summed E-state index contributed by atoms with van der Waals surface area (Å²) in [5.41, 5.74) is 8.05. The van der Waals surface area contributed by atoms with Crippen molar-refractivity contribution in [1.82, 2.24) is 0 Å². The molecule has 0 spiro atoms. The van der Waals surface area contributed by atoms with Crippen LogP contribution in [-0.4, -0.2) is 38.2 Å². The Bertz CT molecular complexity index is 437. The highest BCUT2D eigenvalue weighted by molar-refractivity contribution is 7.98. The van der Waals surface area contributed by atoms with E-state index in [1.54, 1.807) is 12.1 Å². The predicted octanol–water partition coefficient (Wildman–Crippen LogP) is 2.63. The van der Waals surface area contributed by atoms with E-state index in [2.05, 4.69) is 22.8 Å². The number of nitrogens with two attached hydrogens (primary N) is 1. The Morgan fingerprint density at radius 1 is 1.53 bits per heavy atom. The molecule has 0 aromatic heterocycles. The molecule has 0 saturated heterocycles. The van der Waals surface area contributed by atoms with Crippen molar-refractivity contribution in [2.45, 2.75) is 19.4 Å². The topological polar surface area (TPSA) is 55.6 Å². The van der Waals surface area contributed by atoms with E-state index in [-0.39, 0.29) is 5.97 Å². The normalized spacial score (nSPS) is 12.0. The smallest absolute Gasteiger partial charge is 0.337 e. The zero-order valence-corrected chi connectivity index (χ0v) is 12.8. The van der Waals surface area contributed by atoms with Crippen LogP contribution < -0.4 is 10.6 Å².